The Bertz CT molecular complexity index is 522. The summed E-state index contributed by atoms with van der Waals surface area (Å²) in [6.45, 7) is 4.94. The van der Waals surface area contributed by atoms with Gasteiger partial charge in [-0.05, 0) is 12.0 Å². The molecule has 111 valence electrons. The Morgan fingerprint density at radius 3 is 2.43 bits per heavy atom. The Kier molecular flexibility index (Phi) is 4.49. The summed E-state index contributed by atoms with van der Waals surface area (Å²) in [7, 11) is -1.61. The van der Waals surface area contributed by atoms with E-state index in [9.17, 15) is 0 Å². The van der Waals surface area contributed by atoms with Gasteiger partial charge in [-0.1, -0.05) is 105 Å². The molecular formula is C20H27Si. The van der Waals surface area contributed by atoms with Crippen LogP contribution in [0.4, 0.5) is 0 Å². The van der Waals surface area contributed by atoms with Crippen LogP contribution in [-0.2, 0) is 0 Å². The molecule has 1 unspecified atom stereocenters. The van der Waals surface area contributed by atoms with Crippen LogP contribution >= 0.6 is 0 Å². The highest BCUT2D eigenvalue weighted by Gasteiger charge is 2.46. The maximum atomic E-state index is 2.63. The molecule has 0 spiro atoms. The predicted molar refractivity (Wildman–Crippen MR) is 95.3 cm³/mol. The highest BCUT2D eigenvalue weighted by molar-refractivity contribution is 6.97. The highest BCUT2D eigenvalue weighted by Crippen LogP contribution is 2.45. The quantitative estimate of drug-likeness (QED) is 0.659. The van der Waals surface area contributed by atoms with E-state index in [1.165, 1.54) is 38.5 Å². The van der Waals surface area contributed by atoms with Gasteiger partial charge in [0.2, 0.25) is 0 Å². The summed E-state index contributed by atoms with van der Waals surface area (Å²) in [4.78, 5) is 0. The molecule has 0 bridgehead atoms. The van der Waals surface area contributed by atoms with E-state index in [4.69, 9.17) is 0 Å². The van der Waals surface area contributed by atoms with Crippen molar-refractivity contribution >= 4 is 13.3 Å². The third kappa shape index (κ3) is 2.68. The molecule has 1 fully saturated rings. The van der Waals surface area contributed by atoms with Gasteiger partial charge in [0.05, 0.1) is 0 Å². The Hall–Kier alpha value is -1.08. The number of allylic oxidation sites excluding steroid dienone is 4. The molecule has 2 aliphatic rings. The lowest BCUT2D eigenvalue weighted by atomic mass is 10.0. The number of rotatable bonds is 4. The second-order valence-electron chi connectivity index (χ2n) is 6.72. The summed E-state index contributed by atoms with van der Waals surface area (Å²) in [5.41, 5.74) is 4.23. The number of benzene rings is 1. The highest BCUT2D eigenvalue weighted by atomic mass is 28.3. The lowest BCUT2D eigenvalue weighted by molar-refractivity contribution is 0.493. The Morgan fingerprint density at radius 2 is 1.76 bits per heavy atom. The van der Waals surface area contributed by atoms with Crippen molar-refractivity contribution in [3.05, 3.63) is 59.7 Å². The van der Waals surface area contributed by atoms with E-state index in [0.29, 0.717) is 0 Å². The Morgan fingerprint density at radius 1 is 1.05 bits per heavy atom. The van der Waals surface area contributed by atoms with Gasteiger partial charge in [0, 0.05) is 5.54 Å². The fraction of sp³-hybridized carbons (Fsp3) is 0.450. The van der Waals surface area contributed by atoms with Crippen LogP contribution < -0.4 is 5.19 Å². The molecule has 0 N–H and O–H groups in total. The van der Waals surface area contributed by atoms with Crippen LogP contribution in [0.3, 0.4) is 0 Å². The molecule has 0 aliphatic heterocycles. The normalized spacial score (nSPS) is 23.0. The molecular weight excluding hydrogens is 268 g/mol. The van der Waals surface area contributed by atoms with Gasteiger partial charge in [-0.2, -0.15) is 0 Å². The lowest BCUT2D eigenvalue weighted by Crippen LogP contribution is -2.54. The maximum Gasteiger partial charge on any atom is 0.102 e. The van der Waals surface area contributed by atoms with Gasteiger partial charge in [0.15, 0.2) is 0 Å². The molecule has 21 heavy (non-hydrogen) atoms. The van der Waals surface area contributed by atoms with Gasteiger partial charge in [0.1, 0.15) is 8.07 Å². The summed E-state index contributed by atoms with van der Waals surface area (Å²) in [6.07, 6.45) is 15.4. The molecule has 3 rings (SSSR count). The van der Waals surface area contributed by atoms with E-state index in [1.807, 2.05) is 0 Å². The molecule has 1 saturated carbocycles. The van der Waals surface area contributed by atoms with Crippen molar-refractivity contribution in [3.63, 3.8) is 0 Å². The Labute approximate surface area is 131 Å². The SMILES string of the molecule is CCC1=CC=C[C]1[Si](C)(c1ccccc1)C1CCCCC1. The van der Waals surface area contributed by atoms with Gasteiger partial charge < -0.3 is 0 Å². The van der Waals surface area contributed by atoms with E-state index in [2.05, 4.69) is 62.0 Å². The van der Waals surface area contributed by atoms with Crippen molar-refractivity contribution in [2.75, 3.05) is 0 Å². The van der Waals surface area contributed by atoms with Gasteiger partial charge >= 0.3 is 0 Å². The topological polar surface area (TPSA) is 0 Å². The van der Waals surface area contributed by atoms with Crippen LogP contribution in [-0.4, -0.2) is 8.07 Å². The lowest BCUT2D eigenvalue weighted by Gasteiger charge is -2.43. The molecule has 1 aromatic carbocycles. The van der Waals surface area contributed by atoms with Crippen molar-refractivity contribution in [1.82, 2.24) is 0 Å². The van der Waals surface area contributed by atoms with Crippen molar-refractivity contribution in [3.8, 4) is 0 Å². The summed E-state index contributed by atoms with van der Waals surface area (Å²) in [6, 6.07) is 11.4. The second-order valence-corrected chi connectivity index (χ2v) is 11.1. The summed E-state index contributed by atoms with van der Waals surface area (Å²) < 4.78 is 0. The average Bonchev–Trinajstić information content (AvgIpc) is 3.05. The fourth-order valence-corrected chi connectivity index (χ4v) is 9.39. The second kappa shape index (κ2) is 6.35. The van der Waals surface area contributed by atoms with Gasteiger partial charge in [-0.15, -0.1) is 0 Å². The van der Waals surface area contributed by atoms with E-state index in [0.717, 1.165) is 5.54 Å². The molecule has 0 nitrogen and oxygen atoms in total. The molecule has 0 aromatic heterocycles. The predicted octanol–water partition coefficient (Wildman–Crippen LogP) is 5.33. The molecule has 0 heterocycles. The molecule has 1 heteroatoms. The Balaban J connectivity index is 2.02. The molecule has 0 saturated heterocycles. The first-order valence-corrected chi connectivity index (χ1v) is 11.1. The maximum absolute atomic E-state index is 2.63. The van der Waals surface area contributed by atoms with E-state index >= 15 is 0 Å². The van der Waals surface area contributed by atoms with Crippen molar-refractivity contribution in [2.45, 2.75) is 57.5 Å². The van der Waals surface area contributed by atoms with Gasteiger partial charge in [0.25, 0.3) is 0 Å². The summed E-state index contributed by atoms with van der Waals surface area (Å²) in [5, 5.41) is 1.64. The fourth-order valence-electron chi connectivity index (χ4n) is 4.35. The average molecular weight is 296 g/mol. The van der Waals surface area contributed by atoms with Crippen LogP contribution in [0.1, 0.15) is 45.4 Å². The third-order valence-electron chi connectivity index (χ3n) is 5.64. The zero-order chi connectivity index (χ0) is 14.7. The number of hydrogen-bond acceptors (Lipinski definition) is 0. The van der Waals surface area contributed by atoms with E-state index in [1.54, 1.807) is 16.3 Å². The number of hydrogen-bond donors (Lipinski definition) is 0. The zero-order valence-corrected chi connectivity index (χ0v) is 14.4. The first-order chi connectivity index (χ1) is 10.3. The van der Waals surface area contributed by atoms with Crippen LogP contribution in [0.25, 0.3) is 0 Å². The smallest absolute Gasteiger partial charge is 0.0757 e. The minimum absolute atomic E-state index is 0.918. The third-order valence-corrected chi connectivity index (χ3v) is 11.0. The van der Waals surface area contributed by atoms with Gasteiger partial charge in [-0.25, -0.2) is 0 Å². The molecule has 1 atom stereocenters. The first-order valence-electron chi connectivity index (χ1n) is 8.57. The van der Waals surface area contributed by atoms with E-state index in [-0.39, 0.29) is 0 Å². The first kappa shape index (κ1) is 14.8. The minimum atomic E-state index is -1.61. The van der Waals surface area contributed by atoms with Crippen molar-refractivity contribution in [1.29, 1.82) is 0 Å². The molecule has 1 aromatic rings. The standard InChI is InChI=1S/C20H27Si/c1-3-17-11-10-16-20(17)21(2,18-12-6-4-7-13-18)19-14-8-5-9-15-19/h4,6-7,10-13,16,19H,3,5,8-9,14-15H2,1-2H3. The van der Waals surface area contributed by atoms with Crippen LogP contribution in [0.2, 0.25) is 12.1 Å². The van der Waals surface area contributed by atoms with Crippen LogP contribution in [0, 0.1) is 5.54 Å². The van der Waals surface area contributed by atoms with Gasteiger partial charge in [-0.3, -0.25) is 0 Å². The summed E-state index contributed by atoms with van der Waals surface area (Å²) in [5.74, 6) is 0. The van der Waals surface area contributed by atoms with Crippen molar-refractivity contribution < 1.29 is 0 Å². The monoisotopic (exact) mass is 295 g/mol. The zero-order valence-electron chi connectivity index (χ0n) is 13.4. The van der Waals surface area contributed by atoms with Crippen molar-refractivity contribution in [2.24, 2.45) is 0 Å². The molecule has 2 aliphatic carbocycles. The summed E-state index contributed by atoms with van der Waals surface area (Å²) >= 11 is 0. The molecule has 1 radical (unpaired) electrons. The minimum Gasteiger partial charge on any atom is -0.0757 e. The van der Waals surface area contributed by atoms with Crippen LogP contribution in [0.15, 0.2) is 54.1 Å². The molecule has 0 amide bonds. The van der Waals surface area contributed by atoms with Crippen LogP contribution in [0.5, 0.6) is 0 Å². The largest absolute Gasteiger partial charge is 0.102 e. The van der Waals surface area contributed by atoms with E-state index < -0.39 is 8.07 Å².